The quantitative estimate of drug-likeness (QED) is 0.573. The molecule has 2 aromatic heterocycles. The average molecular weight is 298 g/mol. The second kappa shape index (κ2) is 5.66. The second-order valence-corrected chi connectivity index (χ2v) is 6.54. The summed E-state index contributed by atoms with van der Waals surface area (Å²) in [5.41, 5.74) is 2.66. The minimum atomic E-state index is -3.68. The highest BCUT2D eigenvalue weighted by molar-refractivity contribution is 7.89. The summed E-state index contributed by atoms with van der Waals surface area (Å²) in [5, 5.41) is 1.90. The molecule has 102 valence electrons. The average Bonchev–Trinajstić information content (AvgIpc) is 2.92. The van der Waals surface area contributed by atoms with E-state index in [2.05, 4.69) is 15.1 Å². The van der Waals surface area contributed by atoms with Crippen LogP contribution in [-0.4, -0.2) is 13.4 Å². The van der Waals surface area contributed by atoms with Gasteiger partial charge in [0.1, 0.15) is 4.90 Å². The molecule has 2 heterocycles. The molecule has 0 fully saturated rings. The van der Waals surface area contributed by atoms with Crippen LogP contribution in [0, 0.1) is 0 Å². The smallest absolute Gasteiger partial charge is 0.244 e. The molecule has 8 heteroatoms. The van der Waals surface area contributed by atoms with Crippen LogP contribution in [0.4, 0.5) is 5.69 Å². The monoisotopic (exact) mass is 298 g/mol. The van der Waals surface area contributed by atoms with Crippen LogP contribution in [0.3, 0.4) is 0 Å². The van der Waals surface area contributed by atoms with Gasteiger partial charge in [0.25, 0.3) is 0 Å². The standard InChI is InChI=1S/C11H14N4O2S2/c1-8(10-3-2-6-18-10)15-19(16,17)11-7-13-5-4-9(11)14-12/h2-8,15H,12H2,1H3,(H,13,14). The molecule has 1 unspecified atom stereocenters. The van der Waals surface area contributed by atoms with Gasteiger partial charge in [0.15, 0.2) is 0 Å². The summed E-state index contributed by atoms with van der Waals surface area (Å²) in [6, 6.07) is 4.95. The third-order valence-corrected chi connectivity index (χ3v) is 5.15. The van der Waals surface area contributed by atoms with Crippen LogP contribution in [0.2, 0.25) is 0 Å². The van der Waals surface area contributed by atoms with Gasteiger partial charge in [0, 0.05) is 17.3 Å². The minimum absolute atomic E-state index is 0.0286. The molecular formula is C11H14N4O2S2. The van der Waals surface area contributed by atoms with Crippen molar-refractivity contribution in [2.45, 2.75) is 17.9 Å². The molecule has 0 spiro atoms. The number of hydrazine groups is 1. The normalized spacial score (nSPS) is 13.2. The van der Waals surface area contributed by atoms with E-state index in [4.69, 9.17) is 5.84 Å². The van der Waals surface area contributed by atoms with Crippen LogP contribution in [0.1, 0.15) is 17.8 Å². The summed E-state index contributed by atoms with van der Waals surface area (Å²) in [6.45, 7) is 1.79. The molecule has 0 aliphatic carbocycles. The summed E-state index contributed by atoms with van der Waals surface area (Å²) < 4.78 is 27.1. The van der Waals surface area contributed by atoms with E-state index in [1.165, 1.54) is 29.8 Å². The number of nitrogen functional groups attached to an aromatic ring is 1. The number of pyridine rings is 1. The molecule has 6 nitrogen and oxygen atoms in total. The molecule has 0 amide bonds. The van der Waals surface area contributed by atoms with Crippen molar-refractivity contribution in [1.29, 1.82) is 0 Å². The van der Waals surface area contributed by atoms with E-state index in [1.807, 2.05) is 17.5 Å². The SMILES string of the molecule is CC(NS(=O)(=O)c1cnccc1NN)c1cccs1. The van der Waals surface area contributed by atoms with Gasteiger partial charge in [-0.25, -0.2) is 13.1 Å². The number of anilines is 1. The fourth-order valence-corrected chi connectivity index (χ4v) is 3.75. The topological polar surface area (TPSA) is 97.1 Å². The Morgan fingerprint density at radius 3 is 2.84 bits per heavy atom. The Labute approximate surface area is 115 Å². The molecule has 1 atom stereocenters. The molecule has 19 heavy (non-hydrogen) atoms. The lowest BCUT2D eigenvalue weighted by Gasteiger charge is -2.14. The van der Waals surface area contributed by atoms with E-state index in [9.17, 15) is 8.42 Å². The van der Waals surface area contributed by atoms with E-state index in [0.29, 0.717) is 5.69 Å². The van der Waals surface area contributed by atoms with Crippen LogP contribution in [0.25, 0.3) is 0 Å². The molecule has 0 saturated heterocycles. The first-order valence-electron chi connectivity index (χ1n) is 5.51. The highest BCUT2D eigenvalue weighted by Gasteiger charge is 2.22. The van der Waals surface area contributed by atoms with Crippen molar-refractivity contribution in [2.24, 2.45) is 5.84 Å². The van der Waals surface area contributed by atoms with E-state index in [-0.39, 0.29) is 10.9 Å². The van der Waals surface area contributed by atoms with Crippen LogP contribution < -0.4 is 16.0 Å². The van der Waals surface area contributed by atoms with Crippen LogP contribution in [-0.2, 0) is 10.0 Å². The van der Waals surface area contributed by atoms with Crippen LogP contribution in [0.5, 0.6) is 0 Å². The third kappa shape index (κ3) is 3.10. The Morgan fingerprint density at radius 2 is 2.21 bits per heavy atom. The van der Waals surface area contributed by atoms with Crippen molar-refractivity contribution in [1.82, 2.24) is 9.71 Å². The maximum absolute atomic E-state index is 12.3. The molecule has 0 radical (unpaired) electrons. The summed E-state index contributed by atoms with van der Waals surface area (Å²) >= 11 is 1.49. The van der Waals surface area contributed by atoms with Crippen molar-refractivity contribution < 1.29 is 8.42 Å². The zero-order chi connectivity index (χ0) is 13.9. The van der Waals surface area contributed by atoms with Crippen molar-refractivity contribution >= 4 is 27.0 Å². The second-order valence-electron chi connectivity index (χ2n) is 3.87. The highest BCUT2D eigenvalue weighted by atomic mass is 32.2. The number of nitrogens with one attached hydrogen (secondary N) is 2. The number of nitrogens with two attached hydrogens (primary N) is 1. The van der Waals surface area contributed by atoms with Gasteiger partial charge in [0.2, 0.25) is 10.0 Å². The number of sulfonamides is 1. The van der Waals surface area contributed by atoms with Crippen molar-refractivity contribution in [3.8, 4) is 0 Å². The number of nitrogens with zero attached hydrogens (tertiary/aromatic N) is 1. The zero-order valence-electron chi connectivity index (χ0n) is 10.2. The maximum Gasteiger partial charge on any atom is 0.244 e. The zero-order valence-corrected chi connectivity index (χ0v) is 11.8. The lowest BCUT2D eigenvalue weighted by molar-refractivity contribution is 0.568. The van der Waals surface area contributed by atoms with Gasteiger partial charge in [-0.3, -0.25) is 10.8 Å². The molecule has 0 aliphatic rings. The first-order chi connectivity index (χ1) is 9.04. The number of rotatable bonds is 5. The van der Waals surface area contributed by atoms with E-state index >= 15 is 0 Å². The van der Waals surface area contributed by atoms with Gasteiger partial charge >= 0.3 is 0 Å². The molecular weight excluding hydrogens is 284 g/mol. The maximum atomic E-state index is 12.3. The fraction of sp³-hybridized carbons (Fsp3) is 0.182. The van der Waals surface area contributed by atoms with Gasteiger partial charge in [-0.1, -0.05) is 6.07 Å². The Kier molecular flexibility index (Phi) is 4.15. The van der Waals surface area contributed by atoms with Crippen molar-refractivity contribution in [3.63, 3.8) is 0 Å². The molecule has 0 bridgehead atoms. The fourth-order valence-electron chi connectivity index (χ4n) is 1.61. The van der Waals surface area contributed by atoms with Crippen LogP contribution in [0.15, 0.2) is 40.9 Å². The largest absolute Gasteiger partial charge is 0.323 e. The summed E-state index contributed by atoms with van der Waals surface area (Å²) in [7, 11) is -3.68. The Bertz CT molecular complexity index is 640. The molecule has 0 aromatic carbocycles. The van der Waals surface area contributed by atoms with Gasteiger partial charge in [-0.15, -0.1) is 11.3 Å². The number of hydrogen-bond acceptors (Lipinski definition) is 6. The van der Waals surface area contributed by atoms with Gasteiger partial charge < -0.3 is 5.43 Å². The summed E-state index contributed by atoms with van der Waals surface area (Å²) in [4.78, 5) is 4.79. The van der Waals surface area contributed by atoms with E-state index in [1.54, 1.807) is 6.92 Å². The number of aromatic nitrogens is 1. The van der Waals surface area contributed by atoms with Gasteiger partial charge in [-0.2, -0.15) is 0 Å². The van der Waals surface area contributed by atoms with Gasteiger partial charge in [0.05, 0.1) is 11.7 Å². The Morgan fingerprint density at radius 1 is 1.42 bits per heavy atom. The van der Waals surface area contributed by atoms with Crippen LogP contribution >= 0.6 is 11.3 Å². The number of hydrogen-bond donors (Lipinski definition) is 3. The first kappa shape index (κ1) is 13.9. The minimum Gasteiger partial charge on any atom is -0.323 e. The van der Waals surface area contributed by atoms with Crippen molar-refractivity contribution in [3.05, 3.63) is 40.8 Å². The molecule has 0 aliphatic heterocycles. The molecule has 0 saturated carbocycles. The lowest BCUT2D eigenvalue weighted by atomic mass is 10.3. The Hall–Kier alpha value is -1.48. The summed E-state index contributed by atoms with van der Waals surface area (Å²) in [6.07, 6.45) is 2.73. The van der Waals surface area contributed by atoms with Gasteiger partial charge in [-0.05, 0) is 24.4 Å². The lowest BCUT2D eigenvalue weighted by Crippen LogP contribution is -2.27. The van der Waals surface area contributed by atoms with Crippen molar-refractivity contribution in [2.75, 3.05) is 5.43 Å². The van der Waals surface area contributed by atoms with E-state index < -0.39 is 10.0 Å². The number of thiophene rings is 1. The predicted octanol–water partition coefficient (Wildman–Crippen LogP) is 1.47. The third-order valence-electron chi connectivity index (χ3n) is 2.53. The molecule has 2 rings (SSSR count). The Balaban J connectivity index is 2.28. The highest BCUT2D eigenvalue weighted by Crippen LogP contribution is 2.23. The summed E-state index contributed by atoms with van der Waals surface area (Å²) in [5.74, 6) is 5.30. The predicted molar refractivity (Wildman–Crippen MR) is 75.1 cm³/mol. The van der Waals surface area contributed by atoms with E-state index in [0.717, 1.165) is 4.88 Å². The first-order valence-corrected chi connectivity index (χ1v) is 7.87. The molecule has 2 aromatic rings. The molecule has 4 N–H and O–H groups in total.